The molecule has 0 radical (unpaired) electrons. The van der Waals surface area contributed by atoms with Gasteiger partial charge in [-0.25, -0.2) is 4.98 Å². The number of likely N-dealkylation sites (tertiary alicyclic amines) is 1. The SMILES string of the molecule is COc1cc2nn(CC(=O)N3CCC(C(C)(C)O)CC3)cc2cc1NC(=O)c1cccc(C)n1. The van der Waals surface area contributed by atoms with Crippen molar-refractivity contribution < 1.29 is 19.4 Å². The number of methoxy groups -OCH3 is 1. The number of carbonyl (C=O) groups excluding carboxylic acids is 2. The summed E-state index contributed by atoms with van der Waals surface area (Å²) in [6.07, 6.45) is 3.36. The third-order valence-electron chi connectivity index (χ3n) is 6.39. The first-order chi connectivity index (χ1) is 16.1. The second kappa shape index (κ2) is 9.42. The number of amides is 2. The minimum Gasteiger partial charge on any atom is -0.494 e. The van der Waals surface area contributed by atoms with Gasteiger partial charge in [0.15, 0.2) is 0 Å². The number of benzene rings is 1. The summed E-state index contributed by atoms with van der Waals surface area (Å²) in [6, 6.07) is 8.79. The summed E-state index contributed by atoms with van der Waals surface area (Å²) in [5.41, 5.74) is 1.51. The lowest BCUT2D eigenvalue weighted by molar-refractivity contribution is -0.134. The van der Waals surface area contributed by atoms with Crippen LogP contribution in [0.2, 0.25) is 0 Å². The van der Waals surface area contributed by atoms with Crippen LogP contribution in [0.5, 0.6) is 5.75 Å². The van der Waals surface area contributed by atoms with Crippen LogP contribution in [0.15, 0.2) is 36.5 Å². The number of nitrogens with zero attached hydrogens (tertiary/aromatic N) is 4. The summed E-state index contributed by atoms with van der Waals surface area (Å²) >= 11 is 0. The fraction of sp³-hybridized carbons (Fsp3) is 0.440. The topological polar surface area (TPSA) is 110 Å². The summed E-state index contributed by atoms with van der Waals surface area (Å²) in [6.45, 7) is 6.87. The van der Waals surface area contributed by atoms with E-state index in [1.54, 1.807) is 35.1 Å². The van der Waals surface area contributed by atoms with Crippen LogP contribution >= 0.6 is 0 Å². The Bertz CT molecular complexity index is 1210. The number of hydrogen-bond donors (Lipinski definition) is 2. The minimum atomic E-state index is -0.726. The van der Waals surface area contributed by atoms with Crippen LogP contribution in [0.1, 0.15) is 42.9 Å². The molecule has 34 heavy (non-hydrogen) atoms. The van der Waals surface area contributed by atoms with Crippen molar-refractivity contribution in [2.45, 2.75) is 45.8 Å². The lowest BCUT2D eigenvalue weighted by Gasteiger charge is -2.37. The minimum absolute atomic E-state index is 0.00647. The molecule has 0 saturated carbocycles. The first kappa shape index (κ1) is 23.7. The first-order valence-corrected chi connectivity index (χ1v) is 11.4. The number of pyridine rings is 1. The summed E-state index contributed by atoms with van der Waals surface area (Å²) in [7, 11) is 1.53. The van der Waals surface area contributed by atoms with Crippen LogP contribution in [-0.2, 0) is 11.3 Å². The largest absolute Gasteiger partial charge is 0.494 e. The van der Waals surface area contributed by atoms with Crippen molar-refractivity contribution in [3.63, 3.8) is 0 Å². The third kappa shape index (κ3) is 5.20. The number of aliphatic hydroxyl groups is 1. The van der Waals surface area contributed by atoms with Crippen LogP contribution in [0, 0.1) is 12.8 Å². The summed E-state index contributed by atoms with van der Waals surface area (Å²) in [5, 5.41) is 18.4. The standard InChI is InChI=1S/C25H31N5O4/c1-16-6-5-7-19(26-16)24(32)27-21-12-17-14-30(28-20(17)13-22(21)34-4)15-23(31)29-10-8-18(9-11-29)25(2,3)33/h5-7,12-14,18,33H,8-11,15H2,1-4H3,(H,27,32). The lowest BCUT2D eigenvalue weighted by Crippen LogP contribution is -2.45. The number of aryl methyl sites for hydroxylation is 1. The molecule has 9 heteroatoms. The molecule has 2 amide bonds. The molecule has 1 aliphatic rings. The Balaban J connectivity index is 1.47. The summed E-state index contributed by atoms with van der Waals surface area (Å²) < 4.78 is 7.07. The number of carbonyl (C=O) groups is 2. The van der Waals surface area contributed by atoms with E-state index < -0.39 is 5.60 Å². The zero-order valence-corrected chi connectivity index (χ0v) is 20.0. The predicted molar refractivity (Wildman–Crippen MR) is 129 cm³/mol. The number of aromatic nitrogens is 3. The summed E-state index contributed by atoms with van der Waals surface area (Å²) in [4.78, 5) is 31.6. The van der Waals surface area contributed by atoms with Gasteiger partial charge in [-0.1, -0.05) is 6.07 Å². The van der Waals surface area contributed by atoms with Crippen molar-refractivity contribution in [2.75, 3.05) is 25.5 Å². The van der Waals surface area contributed by atoms with Crippen molar-refractivity contribution in [1.82, 2.24) is 19.7 Å². The number of ether oxygens (including phenoxy) is 1. The number of fused-ring (bicyclic) bond motifs is 1. The van der Waals surface area contributed by atoms with Gasteiger partial charge in [-0.15, -0.1) is 0 Å². The van der Waals surface area contributed by atoms with E-state index in [1.807, 2.05) is 31.7 Å². The van der Waals surface area contributed by atoms with E-state index in [-0.39, 0.29) is 24.3 Å². The molecule has 0 unspecified atom stereocenters. The van der Waals surface area contributed by atoms with Crippen LogP contribution < -0.4 is 10.1 Å². The second-order valence-corrected chi connectivity index (χ2v) is 9.37. The molecule has 0 bridgehead atoms. The Morgan fingerprint density at radius 1 is 1.24 bits per heavy atom. The Morgan fingerprint density at radius 2 is 1.97 bits per heavy atom. The van der Waals surface area contributed by atoms with Gasteiger partial charge in [-0.2, -0.15) is 5.10 Å². The average Bonchev–Trinajstić information content (AvgIpc) is 3.18. The van der Waals surface area contributed by atoms with Crippen LogP contribution in [0.25, 0.3) is 10.9 Å². The molecule has 0 atom stereocenters. The predicted octanol–water partition coefficient (Wildman–Crippen LogP) is 3.01. The molecule has 0 spiro atoms. The Labute approximate surface area is 198 Å². The van der Waals surface area contributed by atoms with Gasteiger partial charge in [0.05, 0.1) is 23.9 Å². The van der Waals surface area contributed by atoms with E-state index in [1.165, 1.54) is 7.11 Å². The number of piperidine rings is 1. The molecule has 180 valence electrons. The molecule has 2 N–H and O–H groups in total. The van der Waals surface area contributed by atoms with Gasteiger partial charge in [0.2, 0.25) is 5.91 Å². The highest BCUT2D eigenvalue weighted by Gasteiger charge is 2.32. The Morgan fingerprint density at radius 3 is 2.62 bits per heavy atom. The van der Waals surface area contributed by atoms with Crippen molar-refractivity contribution in [1.29, 1.82) is 0 Å². The highest BCUT2D eigenvalue weighted by Crippen LogP contribution is 2.31. The second-order valence-electron chi connectivity index (χ2n) is 9.37. The molecule has 1 saturated heterocycles. The summed E-state index contributed by atoms with van der Waals surface area (Å²) in [5.74, 6) is 0.324. The van der Waals surface area contributed by atoms with Crippen molar-refractivity contribution in [2.24, 2.45) is 5.92 Å². The van der Waals surface area contributed by atoms with Crippen LogP contribution in [-0.4, -0.2) is 62.4 Å². The molecular formula is C25H31N5O4. The molecule has 9 nitrogen and oxygen atoms in total. The van der Waals surface area contributed by atoms with Gasteiger partial charge in [0.25, 0.3) is 5.91 Å². The maximum absolute atomic E-state index is 12.8. The third-order valence-corrected chi connectivity index (χ3v) is 6.39. The van der Waals surface area contributed by atoms with E-state index in [2.05, 4.69) is 15.4 Å². The molecular weight excluding hydrogens is 434 g/mol. The smallest absolute Gasteiger partial charge is 0.274 e. The number of anilines is 1. The Kier molecular flexibility index (Phi) is 6.56. The highest BCUT2D eigenvalue weighted by molar-refractivity contribution is 6.05. The van der Waals surface area contributed by atoms with E-state index in [4.69, 9.17) is 4.74 Å². The molecule has 3 aromatic rings. The van der Waals surface area contributed by atoms with Gasteiger partial charge in [0, 0.05) is 36.4 Å². The van der Waals surface area contributed by atoms with Crippen molar-refractivity contribution >= 4 is 28.4 Å². The molecule has 1 aliphatic heterocycles. The molecule has 2 aromatic heterocycles. The quantitative estimate of drug-likeness (QED) is 0.579. The molecule has 1 aromatic carbocycles. The first-order valence-electron chi connectivity index (χ1n) is 11.4. The van der Waals surface area contributed by atoms with E-state index in [9.17, 15) is 14.7 Å². The fourth-order valence-electron chi connectivity index (χ4n) is 4.38. The maximum atomic E-state index is 12.8. The average molecular weight is 466 g/mol. The van der Waals surface area contributed by atoms with Gasteiger partial charge in [0.1, 0.15) is 18.0 Å². The molecule has 3 heterocycles. The number of hydrogen-bond acceptors (Lipinski definition) is 6. The van der Waals surface area contributed by atoms with Gasteiger partial charge in [-0.05, 0) is 57.7 Å². The van der Waals surface area contributed by atoms with E-state index >= 15 is 0 Å². The molecule has 4 rings (SSSR count). The van der Waals surface area contributed by atoms with Gasteiger partial charge < -0.3 is 20.1 Å². The highest BCUT2D eigenvalue weighted by atomic mass is 16.5. The van der Waals surface area contributed by atoms with Gasteiger partial charge in [-0.3, -0.25) is 14.3 Å². The number of rotatable bonds is 6. The zero-order valence-electron chi connectivity index (χ0n) is 20.0. The van der Waals surface area contributed by atoms with Crippen molar-refractivity contribution in [3.05, 3.63) is 47.9 Å². The van der Waals surface area contributed by atoms with Gasteiger partial charge >= 0.3 is 0 Å². The molecule has 0 aliphatic carbocycles. The zero-order chi connectivity index (χ0) is 24.5. The fourth-order valence-corrected chi connectivity index (χ4v) is 4.38. The van der Waals surface area contributed by atoms with E-state index in [0.717, 1.165) is 23.9 Å². The van der Waals surface area contributed by atoms with Crippen molar-refractivity contribution in [3.8, 4) is 5.75 Å². The maximum Gasteiger partial charge on any atom is 0.274 e. The number of nitrogens with one attached hydrogen (secondary N) is 1. The normalized spacial score (nSPS) is 14.9. The lowest BCUT2D eigenvalue weighted by atomic mass is 9.83. The monoisotopic (exact) mass is 465 g/mol. The Hall–Kier alpha value is -3.46. The van der Waals surface area contributed by atoms with E-state index in [0.29, 0.717) is 35.7 Å². The van der Waals surface area contributed by atoms with Crippen LogP contribution in [0.3, 0.4) is 0 Å². The molecule has 1 fully saturated rings. The van der Waals surface area contributed by atoms with Crippen LogP contribution in [0.4, 0.5) is 5.69 Å².